The molecule has 2 rings (SSSR count). The first kappa shape index (κ1) is 14.1. The Morgan fingerprint density at radius 2 is 1.61 bits per heavy atom. The first-order valence-corrected chi connectivity index (χ1v) is 5.83. The van der Waals surface area contributed by atoms with Gasteiger partial charge in [0.25, 0.3) is 0 Å². The molecule has 0 aliphatic carbocycles. The smallest absolute Gasteiger partial charge is 0.134 e. The Labute approximate surface area is 112 Å². The van der Waals surface area contributed by atoms with Crippen LogP contribution in [0.4, 0.5) is 0 Å². The number of hydrogen-bond acceptors (Lipinski definition) is 2. The van der Waals surface area contributed by atoms with Crippen LogP contribution >= 0.6 is 11.6 Å². The van der Waals surface area contributed by atoms with E-state index in [9.17, 15) is 0 Å². The van der Waals surface area contributed by atoms with Crippen LogP contribution in [0.5, 0.6) is 5.75 Å². The lowest BCUT2D eigenvalue weighted by molar-refractivity contribution is 0.475. The fourth-order valence-electron chi connectivity index (χ4n) is 1.24. The lowest BCUT2D eigenvalue weighted by atomic mass is 10.1. The molecule has 0 saturated carbocycles. The monoisotopic (exact) mass is 259 g/mol. The zero-order valence-corrected chi connectivity index (χ0v) is 11.1. The van der Waals surface area contributed by atoms with E-state index in [1.54, 1.807) is 0 Å². The van der Waals surface area contributed by atoms with Gasteiger partial charge in [-0.05, 0) is 43.2 Å². The Morgan fingerprint density at radius 3 is 2.00 bits per heavy atom. The van der Waals surface area contributed by atoms with Gasteiger partial charge < -0.3 is 5.11 Å². The highest BCUT2D eigenvalue weighted by Gasteiger charge is 1.97. The van der Waals surface area contributed by atoms with Crippen molar-refractivity contribution in [2.24, 2.45) is 0 Å². The molecule has 3 heteroatoms. The maximum absolute atomic E-state index is 8.90. The average molecular weight is 260 g/mol. The number of aromatic hydroxyl groups is 1. The quantitative estimate of drug-likeness (QED) is 0.770. The summed E-state index contributed by atoms with van der Waals surface area (Å²) >= 11 is 5.49. The van der Waals surface area contributed by atoms with Gasteiger partial charge in [-0.1, -0.05) is 35.9 Å². The Hall–Kier alpha value is -1.98. The zero-order valence-electron chi connectivity index (χ0n) is 10.3. The molecule has 0 aliphatic rings. The highest BCUT2D eigenvalue weighted by atomic mass is 35.5. The average Bonchev–Trinajstić information content (AvgIpc) is 2.37. The molecule has 0 spiro atoms. The lowest BCUT2D eigenvalue weighted by Gasteiger charge is -1.93. The molecule has 0 fully saturated rings. The van der Waals surface area contributed by atoms with Crippen LogP contribution in [0.3, 0.4) is 0 Å². The standard InChI is InChI=1S/C8H10.C7H4ClNO/c1-7-5-3-4-6-8(7)2;8-6-3-5(4-9)1-2-7(6)10/h3-6H,1-2H3;1-3,10H. The fourth-order valence-corrected chi connectivity index (χ4v) is 1.42. The van der Waals surface area contributed by atoms with Gasteiger partial charge in [0.1, 0.15) is 5.75 Å². The maximum atomic E-state index is 8.90. The number of hydrogen-bond donors (Lipinski definition) is 1. The number of nitrogens with zero attached hydrogens (tertiary/aromatic N) is 1. The predicted octanol–water partition coefficient (Wildman–Crippen LogP) is 4.22. The summed E-state index contributed by atoms with van der Waals surface area (Å²) in [6, 6.07) is 14.6. The van der Waals surface area contributed by atoms with Crippen molar-refractivity contribution >= 4 is 11.6 Å². The molecule has 0 aliphatic heterocycles. The molecule has 1 N–H and O–H groups in total. The number of benzene rings is 2. The van der Waals surface area contributed by atoms with E-state index in [1.807, 2.05) is 6.07 Å². The highest BCUT2D eigenvalue weighted by Crippen LogP contribution is 2.22. The summed E-state index contributed by atoms with van der Waals surface area (Å²) < 4.78 is 0. The van der Waals surface area contributed by atoms with Crippen LogP contribution in [0.15, 0.2) is 42.5 Å². The van der Waals surface area contributed by atoms with Crippen LogP contribution in [0, 0.1) is 25.2 Å². The van der Waals surface area contributed by atoms with Crippen LogP contribution in [0.25, 0.3) is 0 Å². The van der Waals surface area contributed by atoms with E-state index in [0.29, 0.717) is 5.56 Å². The van der Waals surface area contributed by atoms with E-state index in [0.717, 1.165) is 0 Å². The van der Waals surface area contributed by atoms with Crippen LogP contribution in [-0.2, 0) is 0 Å². The molecular formula is C15H14ClNO. The number of aryl methyl sites for hydroxylation is 2. The molecule has 0 unspecified atom stereocenters. The van der Waals surface area contributed by atoms with E-state index < -0.39 is 0 Å². The van der Waals surface area contributed by atoms with E-state index in [4.69, 9.17) is 22.0 Å². The second kappa shape index (κ2) is 6.68. The van der Waals surface area contributed by atoms with Gasteiger partial charge in [-0.15, -0.1) is 0 Å². The molecule has 0 amide bonds. The van der Waals surface area contributed by atoms with Crippen molar-refractivity contribution in [1.82, 2.24) is 0 Å². The Balaban J connectivity index is 0.000000184. The second-order valence-electron chi connectivity index (χ2n) is 3.86. The molecule has 2 aromatic rings. The minimum atomic E-state index is 0.000617. The molecule has 92 valence electrons. The van der Waals surface area contributed by atoms with Crippen molar-refractivity contribution in [3.05, 3.63) is 64.2 Å². The topological polar surface area (TPSA) is 44.0 Å². The normalized spacial score (nSPS) is 9.00. The zero-order chi connectivity index (χ0) is 13.5. The molecule has 0 radical (unpaired) electrons. The largest absolute Gasteiger partial charge is 0.506 e. The second-order valence-corrected chi connectivity index (χ2v) is 4.27. The number of phenolic OH excluding ortho intramolecular Hbond substituents is 1. The third-order valence-electron chi connectivity index (χ3n) is 2.50. The Kier molecular flexibility index (Phi) is 5.23. The molecule has 0 saturated heterocycles. The maximum Gasteiger partial charge on any atom is 0.134 e. The van der Waals surface area contributed by atoms with Crippen molar-refractivity contribution in [3.8, 4) is 11.8 Å². The minimum absolute atomic E-state index is 0.000617. The fraction of sp³-hybridized carbons (Fsp3) is 0.133. The summed E-state index contributed by atoms with van der Waals surface area (Å²) in [5.41, 5.74) is 3.18. The van der Waals surface area contributed by atoms with Gasteiger partial charge in [-0.3, -0.25) is 0 Å². The van der Waals surface area contributed by atoms with Gasteiger partial charge >= 0.3 is 0 Å². The summed E-state index contributed by atoms with van der Waals surface area (Å²) in [5.74, 6) is 0.000617. The summed E-state index contributed by atoms with van der Waals surface area (Å²) in [6.07, 6.45) is 0. The van der Waals surface area contributed by atoms with Gasteiger partial charge in [-0.25, -0.2) is 0 Å². The lowest BCUT2D eigenvalue weighted by Crippen LogP contribution is -1.74. The van der Waals surface area contributed by atoms with Crippen LogP contribution in [0.1, 0.15) is 16.7 Å². The third kappa shape index (κ3) is 4.12. The summed E-state index contributed by atoms with van der Waals surface area (Å²) in [7, 11) is 0. The number of halogens is 1. The van der Waals surface area contributed by atoms with Crippen LogP contribution < -0.4 is 0 Å². The molecular weight excluding hydrogens is 246 g/mol. The van der Waals surface area contributed by atoms with E-state index >= 15 is 0 Å². The van der Waals surface area contributed by atoms with Gasteiger partial charge in [0, 0.05) is 0 Å². The molecule has 2 nitrogen and oxygen atoms in total. The molecule has 0 aromatic heterocycles. The van der Waals surface area contributed by atoms with Crippen molar-refractivity contribution in [1.29, 1.82) is 5.26 Å². The van der Waals surface area contributed by atoms with E-state index in [2.05, 4.69) is 38.1 Å². The summed E-state index contributed by atoms with van der Waals surface area (Å²) in [5, 5.41) is 17.5. The molecule has 0 bridgehead atoms. The first-order chi connectivity index (χ1) is 8.54. The van der Waals surface area contributed by atoms with Crippen molar-refractivity contribution in [3.63, 3.8) is 0 Å². The van der Waals surface area contributed by atoms with Gasteiger partial charge in [0.15, 0.2) is 0 Å². The molecule has 0 atom stereocenters. The van der Waals surface area contributed by atoms with Crippen LogP contribution in [0.2, 0.25) is 5.02 Å². The summed E-state index contributed by atoms with van der Waals surface area (Å²) in [4.78, 5) is 0. The Bertz CT molecular complexity index is 552. The molecule has 0 heterocycles. The minimum Gasteiger partial charge on any atom is -0.506 e. The van der Waals surface area contributed by atoms with Crippen molar-refractivity contribution in [2.75, 3.05) is 0 Å². The van der Waals surface area contributed by atoms with Crippen molar-refractivity contribution < 1.29 is 5.11 Å². The van der Waals surface area contributed by atoms with Crippen LogP contribution in [-0.4, -0.2) is 5.11 Å². The highest BCUT2D eigenvalue weighted by molar-refractivity contribution is 6.32. The first-order valence-electron chi connectivity index (χ1n) is 5.45. The van der Waals surface area contributed by atoms with Gasteiger partial charge in [0.2, 0.25) is 0 Å². The third-order valence-corrected chi connectivity index (χ3v) is 2.81. The van der Waals surface area contributed by atoms with Gasteiger partial charge in [0.05, 0.1) is 16.7 Å². The SMILES string of the molecule is Cc1ccccc1C.N#Cc1ccc(O)c(Cl)c1. The summed E-state index contributed by atoms with van der Waals surface area (Å²) in [6.45, 7) is 4.24. The number of phenols is 1. The van der Waals surface area contributed by atoms with Crippen molar-refractivity contribution in [2.45, 2.75) is 13.8 Å². The molecule has 18 heavy (non-hydrogen) atoms. The molecule has 2 aromatic carbocycles. The van der Waals surface area contributed by atoms with Gasteiger partial charge in [-0.2, -0.15) is 5.26 Å². The van der Waals surface area contributed by atoms with E-state index in [1.165, 1.54) is 29.3 Å². The van der Waals surface area contributed by atoms with E-state index in [-0.39, 0.29) is 10.8 Å². The Morgan fingerprint density at radius 1 is 1.06 bits per heavy atom. The number of nitriles is 1. The number of rotatable bonds is 0. The predicted molar refractivity (Wildman–Crippen MR) is 73.7 cm³/mol.